The van der Waals surface area contributed by atoms with E-state index in [1.807, 2.05) is 11.1 Å². The molecule has 0 radical (unpaired) electrons. The van der Waals surface area contributed by atoms with Crippen LogP contribution in [0.2, 0.25) is 0 Å². The van der Waals surface area contributed by atoms with Crippen LogP contribution in [0.4, 0.5) is 0 Å². The lowest BCUT2D eigenvalue weighted by Crippen LogP contribution is -2.49. The largest absolute Gasteiger partial charge is 0.493 e. The normalized spacial score (nSPS) is 27.1. The second-order valence-corrected chi connectivity index (χ2v) is 9.86. The predicted octanol–water partition coefficient (Wildman–Crippen LogP) is 5.87. The Balaban J connectivity index is 1.50. The Labute approximate surface area is 191 Å². The lowest BCUT2D eigenvalue weighted by Gasteiger charge is -2.40. The van der Waals surface area contributed by atoms with E-state index in [1.54, 1.807) is 7.11 Å². The molecule has 1 aromatic carbocycles. The highest BCUT2D eigenvalue weighted by Gasteiger charge is 2.42. The fourth-order valence-electron chi connectivity index (χ4n) is 5.95. The molecule has 0 saturated heterocycles. The van der Waals surface area contributed by atoms with Crippen LogP contribution in [-0.2, 0) is 4.79 Å². The van der Waals surface area contributed by atoms with Gasteiger partial charge in [0.25, 0.3) is 0 Å². The average Bonchev–Trinajstić information content (AvgIpc) is 3.19. The molecule has 5 nitrogen and oxygen atoms in total. The van der Waals surface area contributed by atoms with Crippen LogP contribution >= 0.6 is 0 Å². The minimum Gasteiger partial charge on any atom is -0.493 e. The Morgan fingerprint density at radius 1 is 0.875 bits per heavy atom. The van der Waals surface area contributed by atoms with Crippen LogP contribution in [0, 0.1) is 11.8 Å². The fourth-order valence-corrected chi connectivity index (χ4v) is 5.95. The molecule has 1 aliphatic heterocycles. The number of amides is 1. The quantitative estimate of drug-likeness (QED) is 0.429. The molecule has 4 aliphatic rings. The van der Waals surface area contributed by atoms with E-state index < -0.39 is 0 Å². The van der Waals surface area contributed by atoms with Crippen molar-refractivity contribution in [1.29, 1.82) is 0 Å². The highest BCUT2D eigenvalue weighted by Crippen LogP contribution is 2.39. The van der Waals surface area contributed by atoms with Crippen LogP contribution in [0.25, 0.3) is 0 Å². The summed E-state index contributed by atoms with van der Waals surface area (Å²) in [5.74, 6) is 1.94. The molecular formula is C27H36N2O3. The van der Waals surface area contributed by atoms with Gasteiger partial charge in [-0.25, -0.2) is 5.01 Å². The van der Waals surface area contributed by atoms with Crippen molar-refractivity contribution in [3.63, 3.8) is 0 Å². The van der Waals surface area contributed by atoms with Crippen molar-refractivity contribution >= 4 is 11.6 Å². The monoisotopic (exact) mass is 436 g/mol. The van der Waals surface area contributed by atoms with Crippen molar-refractivity contribution in [2.24, 2.45) is 16.9 Å². The highest BCUT2D eigenvalue weighted by atomic mass is 16.5. The summed E-state index contributed by atoms with van der Waals surface area (Å²) >= 11 is 0. The van der Waals surface area contributed by atoms with Gasteiger partial charge >= 0.3 is 0 Å². The number of benzene rings is 1. The van der Waals surface area contributed by atoms with Crippen molar-refractivity contribution < 1.29 is 14.3 Å². The number of methoxy groups -OCH3 is 1. The summed E-state index contributed by atoms with van der Waals surface area (Å²) in [6.45, 7) is 0. The van der Waals surface area contributed by atoms with Crippen molar-refractivity contribution in [2.75, 3.05) is 7.11 Å². The number of allylic oxidation sites excluding steroid dienone is 2. The molecule has 5 rings (SSSR count). The van der Waals surface area contributed by atoms with E-state index in [0.717, 1.165) is 61.3 Å². The standard InChI is InChI=1S/C27H36N2O3/c1-31-24-17-16-19(18-25(24)32-21-12-6-7-13-21)26-22-14-8-9-15-23(22)27(30)29(28-26)20-10-4-2-3-5-11-20/h8-9,16-18,20-23H,2-7,10-15H2,1H3. The zero-order valence-corrected chi connectivity index (χ0v) is 19.3. The van der Waals surface area contributed by atoms with Gasteiger partial charge in [-0.2, -0.15) is 5.10 Å². The molecule has 0 bridgehead atoms. The number of hydrazone groups is 1. The maximum atomic E-state index is 13.5. The molecule has 1 aromatic rings. The van der Waals surface area contributed by atoms with E-state index >= 15 is 0 Å². The SMILES string of the molecule is COc1ccc(C2=NN(C3CCCCCC3)C(=O)C3CC=CCC23)cc1OC1CCCC1. The lowest BCUT2D eigenvalue weighted by atomic mass is 9.76. The first-order valence-electron chi connectivity index (χ1n) is 12.7. The topological polar surface area (TPSA) is 51.1 Å². The van der Waals surface area contributed by atoms with Gasteiger partial charge in [-0.15, -0.1) is 0 Å². The Kier molecular flexibility index (Phi) is 6.52. The van der Waals surface area contributed by atoms with Crippen molar-refractivity contribution in [3.8, 4) is 11.5 Å². The van der Waals surface area contributed by atoms with E-state index in [1.165, 1.54) is 38.5 Å². The van der Waals surface area contributed by atoms with Crippen LogP contribution in [0.15, 0.2) is 35.5 Å². The van der Waals surface area contributed by atoms with E-state index in [9.17, 15) is 4.79 Å². The third kappa shape index (κ3) is 4.31. The van der Waals surface area contributed by atoms with Crippen LogP contribution in [0.5, 0.6) is 11.5 Å². The van der Waals surface area contributed by atoms with Gasteiger partial charge in [-0.05, 0) is 69.6 Å². The number of carbonyl (C=O) groups excluding carboxylic acids is 1. The van der Waals surface area contributed by atoms with Gasteiger partial charge in [0, 0.05) is 11.5 Å². The van der Waals surface area contributed by atoms with Gasteiger partial charge in [0.2, 0.25) is 5.91 Å². The van der Waals surface area contributed by atoms with Crippen molar-refractivity contribution in [1.82, 2.24) is 5.01 Å². The number of rotatable bonds is 5. The smallest absolute Gasteiger partial charge is 0.247 e. The van der Waals surface area contributed by atoms with E-state index in [4.69, 9.17) is 14.6 Å². The highest BCUT2D eigenvalue weighted by molar-refractivity contribution is 6.07. The zero-order valence-electron chi connectivity index (χ0n) is 19.3. The van der Waals surface area contributed by atoms with Crippen molar-refractivity contribution in [2.45, 2.75) is 89.2 Å². The van der Waals surface area contributed by atoms with E-state index in [2.05, 4.69) is 24.3 Å². The molecule has 2 atom stereocenters. The molecule has 2 fully saturated rings. The van der Waals surface area contributed by atoms with Crippen molar-refractivity contribution in [3.05, 3.63) is 35.9 Å². The summed E-state index contributed by atoms with van der Waals surface area (Å²) in [4.78, 5) is 13.5. The third-order valence-corrected chi connectivity index (χ3v) is 7.77. The number of hydrogen-bond donors (Lipinski definition) is 0. The molecule has 32 heavy (non-hydrogen) atoms. The summed E-state index contributed by atoms with van der Waals surface area (Å²) in [5.41, 5.74) is 2.11. The number of carbonyl (C=O) groups is 1. The number of ether oxygens (including phenoxy) is 2. The van der Waals surface area contributed by atoms with Gasteiger partial charge in [-0.1, -0.05) is 37.8 Å². The van der Waals surface area contributed by atoms with Gasteiger partial charge in [0.15, 0.2) is 11.5 Å². The van der Waals surface area contributed by atoms with Crippen LogP contribution in [0.1, 0.15) is 82.6 Å². The summed E-state index contributed by atoms with van der Waals surface area (Å²) in [5, 5.41) is 6.96. The summed E-state index contributed by atoms with van der Waals surface area (Å²) in [6, 6.07) is 6.43. The van der Waals surface area contributed by atoms with E-state index in [-0.39, 0.29) is 29.9 Å². The first kappa shape index (κ1) is 21.5. The first-order valence-corrected chi connectivity index (χ1v) is 12.7. The average molecular weight is 437 g/mol. The summed E-state index contributed by atoms with van der Waals surface area (Å²) < 4.78 is 12.0. The molecule has 0 aromatic heterocycles. The second-order valence-electron chi connectivity index (χ2n) is 9.86. The van der Waals surface area contributed by atoms with Crippen LogP contribution in [0.3, 0.4) is 0 Å². The number of hydrogen-bond acceptors (Lipinski definition) is 4. The molecule has 1 amide bonds. The van der Waals surface area contributed by atoms with Crippen LogP contribution < -0.4 is 9.47 Å². The second kappa shape index (κ2) is 9.68. The third-order valence-electron chi connectivity index (χ3n) is 7.77. The Bertz CT molecular complexity index is 879. The molecule has 3 aliphatic carbocycles. The molecule has 1 heterocycles. The molecule has 0 N–H and O–H groups in total. The van der Waals surface area contributed by atoms with Gasteiger partial charge in [0.1, 0.15) is 0 Å². The Hall–Kier alpha value is -2.30. The van der Waals surface area contributed by atoms with E-state index in [0.29, 0.717) is 0 Å². The molecule has 2 saturated carbocycles. The van der Waals surface area contributed by atoms with Gasteiger partial charge in [-0.3, -0.25) is 4.79 Å². The summed E-state index contributed by atoms with van der Waals surface area (Å²) in [7, 11) is 1.70. The molecule has 5 heteroatoms. The zero-order chi connectivity index (χ0) is 21.9. The summed E-state index contributed by atoms with van der Waals surface area (Å²) in [6.07, 6.45) is 18.1. The maximum absolute atomic E-state index is 13.5. The van der Waals surface area contributed by atoms with Gasteiger partial charge < -0.3 is 9.47 Å². The molecular weight excluding hydrogens is 400 g/mol. The van der Waals surface area contributed by atoms with Gasteiger partial charge in [0.05, 0.1) is 30.9 Å². The fraction of sp³-hybridized carbons (Fsp3) is 0.630. The Morgan fingerprint density at radius 3 is 2.28 bits per heavy atom. The first-order chi connectivity index (χ1) is 15.7. The minimum absolute atomic E-state index is 0.00273. The Morgan fingerprint density at radius 2 is 1.56 bits per heavy atom. The molecule has 2 unspecified atom stereocenters. The van der Waals surface area contributed by atoms with Crippen LogP contribution in [-0.4, -0.2) is 35.9 Å². The predicted molar refractivity (Wildman–Crippen MR) is 126 cm³/mol. The molecule has 172 valence electrons. The maximum Gasteiger partial charge on any atom is 0.247 e. The molecule has 0 spiro atoms. The lowest BCUT2D eigenvalue weighted by molar-refractivity contribution is -0.140. The minimum atomic E-state index is -0.00273. The number of nitrogens with zero attached hydrogens (tertiary/aromatic N) is 2. The number of fused-ring (bicyclic) bond motifs is 1.